The average Bonchev–Trinajstić information content (AvgIpc) is 3.15. The Morgan fingerprint density at radius 3 is 3.09 bits per heavy atom. The molecule has 2 aromatic rings. The first-order valence-corrected chi connectivity index (χ1v) is 9.33. The molecule has 0 aromatic carbocycles. The molecule has 3 rings (SSSR count). The first-order chi connectivity index (χ1) is 11.2. The number of aromatic amines is 1. The van der Waals surface area contributed by atoms with Crippen molar-refractivity contribution in [3.8, 4) is 0 Å². The summed E-state index contributed by atoms with van der Waals surface area (Å²) in [7, 11) is 0. The van der Waals surface area contributed by atoms with Gasteiger partial charge in [-0.1, -0.05) is 30.0 Å². The molecule has 23 heavy (non-hydrogen) atoms. The second kappa shape index (κ2) is 7.22. The van der Waals surface area contributed by atoms with Crippen molar-refractivity contribution in [1.82, 2.24) is 20.2 Å². The van der Waals surface area contributed by atoms with Crippen LogP contribution in [0.4, 0.5) is 5.13 Å². The summed E-state index contributed by atoms with van der Waals surface area (Å²) in [5.41, 5.74) is 1.57. The minimum Gasteiger partial charge on any atom is -0.301 e. The fraction of sp³-hybridized carbons (Fsp3) is 0.500. The van der Waals surface area contributed by atoms with E-state index in [-0.39, 0.29) is 17.2 Å². The highest BCUT2D eigenvalue weighted by molar-refractivity contribution is 7.99. The van der Waals surface area contributed by atoms with E-state index in [1.165, 1.54) is 23.1 Å². The van der Waals surface area contributed by atoms with E-state index in [1.807, 2.05) is 0 Å². The number of aryl methyl sites for hydroxylation is 2. The second-order valence-electron chi connectivity index (χ2n) is 5.24. The number of nitrogens with one attached hydrogen (secondary N) is 2. The maximum atomic E-state index is 12.0. The summed E-state index contributed by atoms with van der Waals surface area (Å²) in [6, 6.07) is 0. The molecule has 2 N–H and O–H groups in total. The fourth-order valence-electron chi connectivity index (χ4n) is 2.40. The van der Waals surface area contributed by atoms with Crippen molar-refractivity contribution < 1.29 is 4.79 Å². The number of hydrogen-bond donors (Lipinski definition) is 2. The molecule has 0 bridgehead atoms. The van der Waals surface area contributed by atoms with Crippen LogP contribution in [-0.4, -0.2) is 31.8 Å². The van der Waals surface area contributed by atoms with Gasteiger partial charge in [0.05, 0.1) is 11.4 Å². The predicted molar refractivity (Wildman–Crippen MR) is 90.1 cm³/mol. The van der Waals surface area contributed by atoms with Crippen molar-refractivity contribution in [1.29, 1.82) is 0 Å². The third-order valence-electron chi connectivity index (χ3n) is 3.44. The van der Waals surface area contributed by atoms with Gasteiger partial charge in [-0.3, -0.25) is 14.9 Å². The minimum atomic E-state index is -0.183. The molecule has 9 heteroatoms. The van der Waals surface area contributed by atoms with Gasteiger partial charge in [0.25, 0.3) is 5.56 Å². The van der Waals surface area contributed by atoms with E-state index in [4.69, 9.17) is 0 Å². The Bertz CT molecular complexity index is 771. The number of nitrogens with zero attached hydrogens (tertiary/aromatic N) is 3. The summed E-state index contributed by atoms with van der Waals surface area (Å²) in [5.74, 6) is -0.0120. The molecule has 1 amide bonds. The van der Waals surface area contributed by atoms with Gasteiger partial charge in [-0.25, -0.2) is 4.98 Å². The first kappa shape index (κ1) is 16.1. The Balaban J connectivity index is 1.56. The van der Waals surface area contributed by atoms with Crippen molar-refractivity contribution in [2.45, 2.75) is 44.2 Å². The van der Waals surface area contributed by atoms with Crippen LogP contribution in [0.25, 0.3) is 0 Å². The topological polar surface area (TPSA) is 101 Å². The van der Waals surface area contributed by atoms with Crippen molar-refractivity contribution in [3.05, 3.63) is 26.6 Å². The molecule has 7 nitrogen and oxygen atoms in total. The Hall–Kier alpha value is -1.74. The quantitative estimate of drug-likeness (QED) is 0.608. The Morgan fingerprint density at radius 1 is 1.39 bits per heavy atom. The smallest absolute Gasteiger partial charge is 0.254 e. The lowest BCUT2D eigenvalue weighted by Crippen LogP contribution is -2.17. The SMILES string of the molecule is CCCc1nnc(NC(=O)CSc2nc3c(c(=O)[nH]2)CCC3)s1. The van der Waals surface area contributed by atoms with E-state index in [0.717, 1.165) is 48.4 Å². The maximum absolute atomic E-state index is 12.0. The molecular formula is C14H17N5O2S2. The summed E-state index contributed by atoms with van der Waals surface area (Å²) in [5, 5.41) is 12.6. The Morgan fingerprint density at radius 2 is 2.26 bits per heavy atom. The molecule has 0 atom stereocenters. The number of carbonyl (C=O) groups is 1. The molecule has 0 saturated carbocycles. The summed E-state index contributed by atoms with van der Waals surface area (Å²) in [6.07, 6.45) is 4.46. The van der Waals surface area contributed by atoms with Gasteiger partial charge in [0.15, 0.2) is 5.16 Å². The summed E-state index contributed by atoms with van der Waals surface area (Å²) in [6.45, 7) is 2.07. The van der Waals surface area contributed by atoms with E-state index < -0.39 is 0 Å². The van der Waals surface area contributed by atoms with Gasteiger partial charge in [-0.05, 0) is 25.7 Å². The maximum Gasteiger partial charge on any atom is 0.254 e. The molecule has 0 spiro atoms. The van der Waals surface area contributed by atoms with Crippen LogP contribution in [0.3, 0.4) is 0 Å². The lowest BCUT2D eigenvalue weighted by atomic mass is 10.3. The molecule has 1 aliphatic rings. The Labute approximate surface area is 141 Å². The number of H-pyrrole nitrogens is 1. The molecule has 0 unspecified atom stereocenters. The molecular weight excluding hydrogens is 334 g/mol. The van der Waals surface area contributed by atoms with Gasteiger partial charge in [0.1, 0.15) is 5.01 Å². The number of carbonyl (C=O) groups excluding carboxylic acids is 1. The van der Waals surface area contributed by atoms with Crippen LogP contribution in [0.2, 0.25) is 0 Å². The number of anilines is 1. The van der Waals surface area contributed by atoms with Crippen LogP contribution in [0.5, 0.6) is 0 Å². The average molecular weight is 351 g/mol. The van der Waals surface area contributed by atoms with Gasteiger partial charge in [-0.15, -0.1) is 10.2 Å². The number of rotatable bonds is 6. The largest absolute Gasteiger partial charge is 0.301 e. The molecule has 1 aliphatic carbocycles. The van der Waals surface area contributed by atoms with Crippen LogP contribution < -0.4 is 10.9 Å². The first-order valence-electron chi connectivity index (χ1n) is 7.53. The second-order valence-corrected chi connectivity index (χ2v) is 7.26. The minimum absolute atomic E-state index is 0.0799. The molecule has 0 radical (unpaired) electrons. The lowest BCUT2D eigenvalue weighted by Gasteiger charge is -2.03. The van der Waals surface area contributed by atoms with Gasteiger partial charge >= 0.3 is 0 Å². The standard InChI is InChI=1S/C14H17N5O2S2/c1-2-4-11-18-19-14(23-11)16-10(20)7-22-13-15-9-6-3-5-8(9)12(21)17-13/h2-7H2,1H3,(H,15,17,21)(H,16,19,20). The lowest BCUT2D eigenvalue weighted by molar-refractivity contribution is -0.113. The molecule has 122 valence electrons. The van der Waals surface area contributed by atoms with Crippen molar-refractivity contribution in [3.63, 3.8) is 0 Å². The number of amides is 1. The zero-order chi connectivity index (χ0) is 16.2. The predicted octanol–water partition coefficient (Wildman–Crippen LogP) is 1.79. The third kappa shape index (κ3) is 3.97. The Kier molecular flexibility index (Phi) is 5.06. The molecule has 0 fully saturated rings. The number of fused-ring (bicyclic) bond motifs is 1. The van der Waals surface area contributed by atoms with Crippen LogP contribution >= 0.6 is 23.1 Å². The third-order valence-corrected chi connectivity index (χ3v) is 5.21. The van der Waals surface area contributed by atoms with E-state index in [2.05, 4.69) is 32.4 Å². The molecule has 0 aliphatic heterocycles. The molecule has 0 saturated heterocycles. The zero-order valence-corrected chi connectivity index (χ0v) is 14.4. The highest BCUT2D eigenvalue weighted by Gasteiger charge is 2.17. The summed E-state index contributed by atoms with van der Waals surface area (Å²) >= 11 is 2.61. The van der Waals surface area contributed by atoms with Crippen molar-refractivity contribution in [2.24, 2.45) is 0 Å². The van der Waals surface area contributed by atoms with Crippen LogP contribution in [0.15, 0.2) is 9.95 Å². The normalized spacial score (nSPS) is 13.1. The van der Waals surface area contributed by atoms with Crippen molar-refractivity contribution in [2.75, 3.05) is 11.1 Å². The van der Waals surface area contributed by atoms with Crippen LogP contribution in [0.1, 0.15) is 36.0 Å². The summed E-state index contributed by atoms with van der Waals surface area (Å²) in [4.78, 5) is 31.0. The number of hydrogen-bond acceptors (Lipinski definition) is 7. The molecule has 2 heterocycles. The van der Waals surface area contributed by atoms with Gasteiger partial charge < -0.3 is 4.98 Å². The van der Waals surface area contributed by atoms with Gasteiger partial charge in [-0.2, -0.15) is 0 Å². The van der Waals surface area contributed by atoms with E-state index in [1.54, 1.807) is 0 Å². The van der Waals surface area contributed by atoms with E-state index in [0.29, 0.717) is 10.3 Å². The molecule has 2 aromatic heterocycles. The monoisotopic (exact) mass is 351 g/mol. The van der Waals surface area contributed by atoms with E-state index >= 15 is 0 Å². The van der Waals surface area contributed by atoms with E-state index in [9.17, 15) is 9.59 Å². The van der Waals surface area contributed by atoms with Crippen LogP contribution in [0, 0.1) is 0 Å². The highest BCUT2D eigenvalue weighted by atomic mass is 32.2. The zero-order valence-electron chi connectivity index (χ0n) is 12.7. The fourth-order valence-corrected chi connectivity index (χ4v) is 3.93. The highest BCUT2D eigenvalue weighted by Crippen LogP contribution is 2.20. The summed E-state index contributed by atoms with van der Waals surface area (Å²) < 4.78 is 0. The van der Waals surface area contributed by atoms with Gasteiger partial charge in [0, 0.05) is 12.0 Å². The van der Waals surface area contributed by atoms with Crippen LogP contribution in [-0.2, 0) is 24.1 Å². The van der Waals surface area contributed by atoms with Crippen molar-refractivity contribution >= 4 is 34.1 Å². The van der Waals surface area contributed by atoms with Gasteiger partial charge in [0.2, 0.25) is 11.0 Å². The number of aromatic nitrogens is 4. The number of thioether (sulfide) groups is 1.